The zero-order valence-electron chi connectivity index (χ0n) is 11.0. The molecule has 0 bridgehead atoms. The fourth-order valence-electron chi connectivity index (χ4n) is 2.46. The van der Waals surface area contributed by atoms with Gasteiger partial charge in [0, 0.05) is 34.6 Å². The molecule has 1 saturated heterocycles. The lowest BCUT2D eigenvalue weighted by Gasteiger charge is -2.37. The Bertz CT molecular complexity index is 386. The summed E-state index contributed by atoms with van der Waals surface area (Å²) in [5.41, 5.74) is 1.39. The van der Waals surface area contributed by atoms with E-state index in [2.05, 4.69) is 76.3 Å². The number of thioether (sulfide) groups is 1. The van der Waals surface area contributed by atoms with E-state index in [0.717, 1.165) is 6.42 Å². The summed E-state index contributed by atoms with van der Waals surface area (Å²) >= 11 is 5.72. The van der Waals surface area contributed by atoms with Gasteiger partial charge in [-0.2, -0.15) is 11.8 Å². The highest BCUT2D eigenvalue weighted by molar-refractivity contribution is 9.10. The summed E-state index contributed by atoms with van der Waals surface area (Å²) in [6.07, 6.45) is 1.08. The van der Waals surface area contributed by atoms with Crippen LogP contribution in [0.25, 0.3) is 0 Å². The molecule has 0 spiro atoms. The Morgan fingerprint density at radius 3 is 2.94 bits per heavy atom. The first-order valence-corrected chi connectivity index (χ1v) is 8.36. The van der Waals surface area contributed by atoms with Gasteiger partial charge in [-0.1, -0.05) is 34.1 Å². The van der Waals surface area contributed by atoms with Gasteiger partial charge in [-0.3, -0.25) is 0 Å². The van der Waals surface area contributed by atoms with Gasteiger partial charge in [0.2, 0.25) is 0 Å². The quantitative estimate of drug-likeness (QED) is 0.914. The Labute approximate surface area is 123 Å². The van der Waals surface area contributed by atoms with Gasteiger partial charge in [-0.05, 0) is 32.1 Å². The maximum Gasteiger partial charge on any atom is 0.0340 e. The summed E-state index contributed by atoms with van der Waals surface area (Å²) in [7, 11) is 4.32. The number of rotatable bonds is 4. The summed E-state index contributed by atoms with van der Waals surface area (Å²) in [4.78, 5) is 2.49. The van der Waals surface area contributed by atoms with Crippen molar-refractivity contribution in [1.82, 2.24) is 10.2 Å². The minimum Gasteiger partial charge on any atom is -0.315 e. The summed E-state index contributed by atoms with van der Waals surface area (Å²) < 4.78 is 1.22. The second kappa shape index (κ2) is 6.94. The van der Waals surface area contributed by atoms with Gasteiger partial charge in [0.15, 0.2) is 0 Å². The standard InChI is InChI=1S/C14H21BrN2S/c1-16-13(14-10-18-8-7-17(14)2)9-11-5-3-4-6-12(11)15/h3-6,13-14,16H,7-10H2,1-2H3. The minimum absolute atomic E-state index is 0.515. The van der Waals surface area contributed by atoms with Crippen molar-refractivity contribution in [1.29, 1.82) is 0 Å². The van der Waals surface area contributed by atoms with Crippen molar-refractivity contribution in [3.8, 4) is 0 Å². The van der Waals surface area contributed by atoms with Crippen molar-refractivity contribution < 1.29 is 0 Å². The summed E-state index contributed by atoms with van der Waals surface area (Å²) in [5.74, 6) is 2.49. The fourth-order valence-corrected chi connectivity index (χ4v) is 4.22. The smallest absolute Gasteiger partial charge is 0.0340 e. The first kappa shape index (κ1) is 14.4. The molecule has 2 nitrogen and oxygen atoms in total. The van der Waals surface area contributed by atoms with Crippen LogP contribution in [0.5, 0.6) is 0 Å². The van der Waals surface area contributed by atoms with E-state index in [0.29, 0.717) is 12.1 Å². The topological polar surface area (TPSA) is 15.3 Å². The Morgan fingerprint density at radius 2 is 2.28 bits per heavy atom. The molecule has 18 heavy (non-hydrogen) atoms. The van der Waals surface area contributed by atoms with E-state index in [-0.39, 0.29) is 0 Å². The highest BCUT2D eigenvalue weighted by atomic mass is 79.9. The van der Waals surface area contributed by atoms with Gasteiger partial charge in [0.25, 0.3) is 0 Å². The zero-order chi connectivity index (χ0) is 13.0. The van der Waals surface area contributed by atoms with E-state index in [1.54, 1.807) is 0 Å². The molecule has 0 saturated carbocycles. The maximum absolute atomic E-state index is 3.65. The predicted molar refractivity (Wildman–Crippen MR) is 84.4 cm³/mol. The molecule has 1 heterocycles. The van der Waals surface area contributed by atoms with E-state index < -0.39 is 0 Å². The predicted octanol–water partition coefficient (Wildman–Crippen LogP) is 2.63. The molecule has 1 N–H and O–H groups in total. The number of likely N-dealkylation sites (N-methyl/N-ethyl adjacent to an activating group) is 2. The highest BCUT2D eigenvalue weighted by Gasteiger charge is 2.27. The lowest BCUT2D eigenvalue weighted by Crippen LogP contribution is -2.52. The number of nitrogens with one attached hydrogen (secondary N) is 1. The molecule has 2 unspecified atom stereocenters. The maximum atomic E-state index is 3.65. The molecule has 100 valence electrons. The average molecular weight is 329 g/mol. The van der Waals surface area contributed by atoms with E-state index in [9.17, 15) is 0 Å². The molecular formula is C14H21BrN2S. The molecule has 1 aromatic rings. The van der Waals surface area contributed by atoms with Crippen LogP contribution in [-0.2, 0) is 6.42 Å². The molecule has 0 radical (unpaired) electrons. The van der Waals surface area contributed by atoms with Crippen molar-refractivity contribution in [2.75, 3.05) is 32.1 Å². The van der Waals surface area contributed by atoms with E-state index in [1.807, 2.05) is 0 Å². The van der Waals surface area contributed by atoms with Crippen LogP contribution < -0.4 is 5.32 Å². The summed E-state index contributed by atoms with van der Waals surface area (Å²) in [6.45, 7) is 1.20. The molecule has 2 rings (SSSR count). The Kier molecular flexibility index (Phi) is 5.55. The van der Waals surface area contributed by atoms with Crippen LogP contribution in [-0.4, -0.2) is 49.1 Å². The lowest BCUT2D eigenvalue weighted by atomic mass is 9.99. The summed E-state index contributed by atoms with van der Waals surface area (Å²) in [5, 5.41) is 3.50. The molecule has 1 aromatic carbocycles. The van der Waals surface area contributed by atoms with Crippen molar-refractivity contribution in [3.63, 3.8) is 0 Å². The monoisotopic (exact) mass is 328 g/mol. The number of nitrogens with zero attached hydrogens (tertiary/aromatic N) is 1. The Morgan fingerprint density at radius 1 is 1.50 bits per heavy atom. The Balaban J connectivity index is 2.07. The van der Waals surface area contributed by atoms with Crippen LogP contribution in [0.1, 0.15) is 5.56 Å². The van der Waals surface area contributed by atoms with Crippen LogP contribution in [0.15, 0.2) is 28.7 Å². The second-order valence-corrected chi connectivity index (χ2v) is 6.82. The van der Waals surface area contributed by atoms with Crippen LogP contribution >= 0.6 is 27.7 Å². The van der Waals surface area contributed by atoms with Crippen molar-refractivity contribution >= 4 is 27.7 Å². The minimum atomic E-state index is 0.515. The molecule has 4 heteroatoms. The van der Waals surface area contributed by atoms with Gasteiger partial charge < -0.3 is 10.2 Å². The van der Waals surface area contributed by atoms with Crippen molar-refractivity contribution in [3.05, 3.63) is 34.3 Å². The Hall–Kier alpha value is -0.0300. The van der Waals surface area contributed by atoms with Crippen molar-refractivity contribution in [2.24, 2.45) is 0 Å². The molecular weight excluding hydrogens is 308 g/mol. The van der Waals surface area contributed by atoms with Crippen LogP contribution in [0.3, 0.4) is 0 Å². The van der Waals surface area contributed by atoms with Crippen LogP contribution in [0, 0.1) is 0 Å². The SMILES string of the molecule is CNC(Cc1ccccc1Br)C1CSCCN1C. The average Bonchev–Trinajstić information content (AvgIpc) is 2.39. The largest absolute Gasteiger partial charge is 0.315 e. The van der Waals surface area contributed by atoms with Gasteiger partial charge in [0.1, 0.15) is 0 Å². The van der Waals surface area contributed by atoms with E-state index >= 15 is 0 Å². The highest BCUT2D eigenvalue weighted by Crippen LogP contribution is 2.22. The van der Waals surface area contributed by atoms with Crippen molar-refractivity contribution in [2.45, 2.75) is 18.5 Å². The fraction of sp³-hybridized carbons (Fsp3) is 0.571. The number of hydrogen-bond acceptors (Lipinski definition) is 3. The number of benzene rings is 1. The first-order valence-electron chi connectivity index (χ1n) is 6.41. The molecule has 1 aliphatic heterocycles. The van der Waals surface area contributed by atoms with Gasteiger partial charge in [-0.25, -0.2) is 0 Å². The van der Waals surface area contributed by atoms with Gasteiger partial charge >= 0.3 is 0 Å². The van der Waals surface area contributed by atoms with E-state index in [1.165, 1.54) is 28.1 Å². The number of hydrogen-bond donors (Lipinski definition) is 1. The second-order valence-electron chi connectivity index (χ2n) is 4.81. The molecule has 2 atom stereocenters. The number of halogens is 1. The zero-order valence-corrected chi connectivity index (χ0v) is 13.4. The third-order valence-electron chi connectivity index (χ3n) is 3.68. The first-order chi connectivity index (χ1) is 8.72. The normalized spacial score (nSPS) is 22.9. The van der Waals surface area contributed by atoms with E-state index in [4.69, 9.17) is 0 Å². The third kappa shape index (κ3) is 3.50. The van der Waals surface area contributed by atoms with Crippen LogP contribution in [0.4, 0.5) is 0 Å². The molecule has 1 aliphatic rings. The van der Waals surface area contributed by atoms with Gasteiger partial charge in [0.05, 0.1) is 0 Å². The van der Waals surface area contributed by atoms with Crippen LogP contribution in [0.2, 0.25) is 0 Å². The van der Waals surface area contributed by atoms with Gasteiger partial charge in [-0.15, -0.1) is 0 Å². The molecule has 0 aliphatic carbocycles. The summed E-state index contributed by atoms with van der Waals surface area (Å²) in [6, 6.07) is 9.67. The molecule has 0 amide bonds. The lowest BCUT2D eigenvalue weighted by molar-refractivity contribution is 0.219. The third-order valence-corrected chi connectivity index (χ3v) is 5.50. The molecule has 1 fully saturated rings. The molecule has 0 aromatic heterocycles.